The smallest absolute Gasteiger partial charge is 0.416 e. The van der Waals surface area contributed by atoms with Crippen molar-refractivity contribution in [3.05, 3.63) is 86.4 Å². The summed E-state index contributed by atoms with van der Waals surface area (Å²) in [5.74, 6) is 0.149. The SMILES string of the molecule is COc1cc(/C=N\Nc2ccc(C(F)(F)F)cc2[N+](=O)[O-])c(Br)cc1OCC(=O)Nc1ccccc1. The minimum atomic E-state index is -4.72. The fourth-order valence-electron chi connectivity index (χ4n) is 2.91. The molecule has 0 aliphatic carbocycles. The van der Waals surface area contributed by atoms with Crippen LogP contribution in [0.3, 0.4) is 0 Å². The number of alkyl halides is 3. The van der Waals surface area contributed by atoms with Crippen molar-refractivity contribution >= 4 is 45.1 Å². The van der Waals surface area contributed by atoms with Gasteiger partial charge in [-0.15, -0.1) is 0 Å². The molecular formula is C23H18BrF3N4O5. The van der Waals surface area contributed by atoms with Crippen molar-refractivity contribution in [2.45, 2.75) is 6.18 Å². The number of ether oxygens (including phenoxy) is 2. The van der Waals surface area contributed by atoms with E-state index >= 15 is 0 Å². The van der Waals surface area contributed by atoms with Crippen LogP contribution >= 0.6 is 15.9 Å². The minimum absolute atomic E-state index is 0.225. The normalized spacial score (nSPS) is 11.2. The first-order valence-electron chi connectivity index (χ1n) is 10.1. The molecular weight excluding hydrogens is 549 g/mol. The van der Waals surface area contributed by atoms with Gasteiger partial charge < -0.3 is 14.8 Å². The van der Waals surface area contributed by atoms with Crippen molar-refractivity contribution in [1.29, 1.82) is 0 Å². The van der Waals surface area contributed by atoms with Crippen molar-refractivity contribution in [3.8, 4) is 11.5 Å². The van der Waals surface area contributed by atoms with Gasteiger partial charge in [0.05, 0.1) is 23.8 Å². The first-order chi connectivity index (χ1) is 17.1. The van der Waals surface area contributed by atoms with Crippen molar-refractivity contribution in [3.63, 3.8) is 0 Å². The molecule has 0 fully saturated rings. The van der Waals surface area contributed by atoms with Gasteiger partial charge in [0.15, 0.2) is 18.1 Å². The van der Waals surface area contributed by atoms with Crippen LogP contribution in [0.15, 0.2) is 70.2 Å². The Morgan fingerprint density at radius 2 is 1.86 bits per heavy atom. The fourth-order valence-corrected chi connectivity index (χ4v) is 3.33. The van der Waals surface area contributed by atoms with E-state index in [1.54, 1.807) is 24.3 Å². The van der Waals surface area contributed by atoms with E-state index in [0.29, 0.717) is 27.9 Å². The second kappa shape index (κ2) is 11.5. The lowest BCUT2D eigenvalue weighted by molar-refractivity contribution is -0.384. The Hall–Kier alpha value is -4.13. The molecule has 13 heteroatoms. The Kier molecular flexibility index (Phi) is 8.48. The van der Waals surface area contributed by atoms with Gasteiger partial charge in [0, 0.05) is 21.8 Å². The fraction of sp³-hybridized carbons (Fsp3) is 0.130. The number of carbonyl (C=O) groups excluding carboxylic acids is 1. The zero-order chi connectivity index (χ0) is 26.3. The highest BCUT2D eigenvalue weighted by Gasteiger charge is 2.33. The number of halogens is 4. The first-order valence-corrected chi connectivity index (χ1v) is 10.9. The number of nitro benzene ring substituents is 1. The number of anilines is 2. The average Bonchev–Trinajstić information content (AvgIpc) is 2.83. The second-order valence-corrected chi connectivity index (χ2v) is 7.94. The highest BCUT2D eigenvalue weighted by atomic mass is 79.9. The number of hydrogen-bond donors (Lipinski definition) is 2. The van der Waals surface area contributed by atoms with E-state index in [1.165, 1.54) is 25.5 Å². The number of hydrogen-bond acceptors (Lipinski definition) is 7. The summed E-state index contributed by atoms with van der Waals surface area (Å²) < 4.78 is 49.9. The van der Waals surface area contributed by atoms with Crippen molar-refractivity contribution in [2.75, 3.05) is 24.5 Å². The Bertz CT molecular complexity index is 1290. The summed E-state index contributed by atoms with van der Waals surface area (Å²) in [5.41, 5.74) is 1.29. The molecule has 1 amide bonds. The van der Waals surface area contributed by atoms with Crippen LogP contribution in [0.1, 0.15) is 11.1 Å². The molecule has 0 bridgehead atoms. The molecule has 0 spiro atoms. The second-order valence-electron chi connectivity index (χ2n) is 7.08. The number of rotatable bonds is 9. The predicted octanol–water partition coefficient (Wildman–Crippen LogP) is 5.85. The van der Waals surface area contributed by atoms with Crippen molar-refractivity contribution < 1.29 is 32.4 Å². The number of para-hydroxylation sites is 1. The number of amides is 1. The molecule has 3 aromatic carbocycles. The molecule has 2 N–H and O–H groups in total. The third-order valence-electron chi connectivity index (χ3n) is 4.61. The summed E-state index contributed by atoms with van der Waals surface area (Å²) in [5, 5.41) is 17.8. The number of methoxy groups -OCH3 is 1. The molecule has 0 unspecified atom stereocenters. The predicted molar refractivity (Wildman–Crippen MR) is 131 cm³/mol. The number of benzene rings is 3. The number of nitrogens with zero attached hydrogens (tertiary/aromatic N) is 2. The molecule has 0 saturated carbocycles. The van der Waals surface area contributed by atoms with Crippen molar-refractivity contribution in [1.82, 2.24) is 0 Å². The maximum atomic E-state index is 12.9. The Balaban J connectivity index is 1.71. The molecule has 3 aromatic rings. The van der Waals surface area contributed by atoms with Crippen molar-refractivity contribution in [2.24, 2.45) is 5.10 Å². The quantitative estimate of drug-likeness (QED) is 0.191. The van der Waals surface area contributed by atoms with Crippen LogP contribution in [0.2, 0.25) is 0 Å². The molecule has 0 atom stereocenters. The summed E-state index contributed by atoms with van der Waals surface area (Å²) in [4.78, 5) is 22.4. The summed E-state index contributed by atoms with van der Waals surface area (Å²) in [6.07, 6.45) is -3.44. The van der Waals surface area contributed by atoms with Crippen LogP contribution < -0.4 is 20.2 Å². The van der Waals surface area contributed by atoms with Gasteiger partial charge in [-0.1, -0.05) is 18.2 Å². The molecule has 188 valence electrons. The average molecular weight is 567 g/mol. The molecule has 0 heterocycles. The summed E-state index contributed by atoms with van der Waals surface area (Å²) in [6.45, 7) is -0.287. The largest absolute Gasteiger partial charge is 0.493 e. The molecule has 0 radical (unpaired) electrons. The lowest BCUT2D eigenvalue weighted by Gasteiger charge is -2.13. The zero-order valence-electron chi connectivity index (χ0n) is 18.5. The van der Waals surface area contributed by atoms with E-state index in [2.05, 4.69) is 31.8 Å². The molecule has 0 saturated heterocycles. The third kappa shape index (κ3) is 6.95. The maximum Gasteiger partial charge on any atom is 0.416 e. The summed E-state index contributed by atoms with van der Waals surface area (Å²) in [7, 11) is 1.39. The number of hydrazone groups is 1. The summed E-state index contributed by atoms with van der Waals surface area (Å²) in [6, 6.07) is 14.0. The Morgan fingerprint density at radius 1 is 1.14 bits per heavy atom. The Labute approximate surface area is 211 Å². The van der Waals surface area contributed by atoms with Gasteiger partial charge in [-0.3, -0.25) is 20.3 Å². The summed E-state index contributed by atoms with van der Waals surface area (Å²) >= 11 is 3.34. The lowest BCUT2D eigenvalue weighted by atomic mass is 10.1. The standard InChI is InChI=1S/C23H18BrF3N4O5/c1-35-20-9-14(12-28-30-18-8-7-15(23(25,26)27)10-19(18)31(33)34)17(24)11-21(20)36-13-22(32)29-16-5-3-2-4-6-16/h2-12,30H,13H2,1H3,(H,29,32)/b28-12-. The minimum Gasteiger partial charge on any atom is -0.493 e. The van der Waals surface area contributed by atoms with Gasteiger partial charge in [0.25, 0.3) is 11.6 Å². The number of carbonyl (C=O) groups is 1. The van der Waals surface area contributed by atoms with Gasteiger partial charge in [0.1, 0.15) is 5.69 Å². The van der Waals surface area contributed by atoms with Crippen LogP contribution in [0.4, 0.5) is 30.2 Å². The molecule has 0 aliphatic heterocycles. The lowest BCUT2D eigenvalue weighted by Crippen LogP contribution is -2.20. The van der Waals surface area contributed by atoms with Gasteiger partial charge >= 0.3 is 6.18 Å². The zero-order valence-corrected chi connectivity index (χ0v) is 20.1. The highest BCUT2D eigenvalue weighted by molar-refractivity contribution is 9.10. The van der Waals surface area contributed by atoms with Crippen LogP contribution in [0.5, 0.6) is 11.5 Å². The number of nitrogens with one attached hydrogen (secondary N) is 2. The third-order valence-corrected chi connectivity index (χ3v) is 5.30. The first kappa shape index (κ1) is 26.5. The van der Waals surface area contributed by atoms with E-state index < -0.39 is 22.4 Å². The topological polar surface area (TPSA) is 115 Å². The molecule has 0 aromatic heterocycles. The highest BCUT2D eigenvalue weighted by Crippen LogP contribution is 2.35. The van der Waals surface area contributed by atoms with E-state index in [4.69, 9.17) is 9.47 Å². The van der Waals surface area contributed by atoms with Gasteiger partial charge in [0.2, 0.25) is 0 Å². The molecule has 0 aliphatic rings. The van der Waals surface area contributed by atoms with Crippen LogP contribution in [-0.4, -0.2) is 30.8 Å². The maximum absolute atomic E-state index is 12.9. The Morgan fingerprint density at radius 3 is 2.50 bits per heavy atom. The van der Waals surface area contributed by atoms with Crippen LogP contribution in [-0.2, 0) is 11.0 Å². The monoisotopic (exact) mass is 566 g/mol. The van der Waals surface area contributed by atoms with E-state index in [-0.39, 0.29) is 29.7 Å². The molecule has 36 heavy (non-hydrogen) atoms. The van der Waals surface area contributed by atoms with Gasteiger partial charge in [-0.25, -0.2) is 0 Å². The number of nitro groups is 1. The van der Waals surface area contributed by atoms with E-state index in [1.807, 2.05) is 6.07 Å². The van der Waals surface area contributed by atoms with Gasteiger partial charge in [-0.05, 0) is 52.3 Å². The molecule has 9 nitrogen and oxygen atoms in total. The van der Waals surface area contributed by atoms with Crippen LogP contribution in [0, 0.1) is 10.1 Å². The molecule has 3 rings (SSSR count). The van der Waals surface area contributed by atoms with E-state index in [0.717, 1.165) is 6.07 Å². The van der Waals surface area contributed by atoms with Gasteiger partial charge in [-0.2, -0.15) is 18.3 Å². The van der Waals surface area contributed by atoms with E-state index in [9.17, 15) is 28.1 Å². The van der Waals surface area contributed by atoms with Crippen LogP contribution in [0.25, 0.3) is 0 Å².